The molecule has 22 heavy (non-hydrogen) atoms. The Morgan fingerprint density at radius 1 is 1.32 bits per heavy atom. The number of anilines is 2. The van der Waals surface area contributed by atoms with Crippen LogP contribution >= 0.6 is 0 Å². The zero-order valence-electron chi connectivity index (χ0n) is 13.5. The predicted octanol–water partition coefficient (Wildman–Crippen LogP) is 3.00. The lowest BCUT2D eigenvalue weighted by Gasteiger charge is -2.30. The number of hydrogen-bond donors (Lipinski definition) is 3. The molecule has 2 atom stereocenters. The molecule has 1 aromatic rings. The molecule has 0 fully saturated rings. The number of nitrogens with one attached hydrogen (secondary N) is 3. The molecule has 1 aromatic carbocycles. The van der Waals surface area contributed by atoms with E-state index >= 15 is 0 Å². The van der Waals surface area contributed by atoms with Gasteiger partial charge >= 0.3 is 0 Å². The van der Waals surface area contributed by atoms with Crippen LogP contribution in [0.1, 0.15) is 50.4 Å². The molecule has 0 aliphatic carbocycles. The van der Waals surface area contributed by atoms with E-state index in [-0.39, 0.29) is 23.8 Å². The van der Waals surface area contributed by atoms with E-state index in [1.165, 1.54) is 0 Å². The SMILES string of the molecule is CCCCNC(=O)c1ccc2c(c1)NC(=O)[C@@H]([C@H](C)CC)N2. The van der Waals surface area contributed by atoms with Crippen LogP contribution in [-0.4, -0.2) is 24.4 Å². The van der Waals surface area contributed by atoms with E-state index in [0.717, 1.165) is 24.9 Å². The third-order valence-corrected chi connectivity index (χ3v) is 4.16. The van der Waals surface area contributed by atoms with Gasteiger partial charge in [-0.25, -0.2) is 0 Å². The normalized spacial score (nSPS) is 18.0. The van der Waals surface area contributed by atoms with Gasteiger partial charge in [-0.2, -0.15) is 0 Å². The molecule has 1 heterocycles. The molecule has 0 bridgehead atoms. The summed E-state index contributed by atoms with van der Waals surface area (Å²) in [6.45, 7) is 6.88. The molecule has 0 radical (unpaired) electrons. The number of rotatable bonds is 6. The average Bonchev–Trinajstić information content (AvgIpc) is 2.53. The Bertz CT molecular complexity index is 557. The Morgan fingerprint density at radius 2 is 2.09 bits per heavy atom. The van der Waals surface area contributed by atoms with Crippen LogP contribution in [0.3, 0.4) is 0 Å². The molecule has 0 saturated heterocycles. The van der Waals surface area contributed by atoms with Gasteiger partial charge in [0.15, 0.2) is 0 Å². The summed E-state index contributed by atoms with van der Waals surface area (Å²) in [5.74, 6) is 0.116. The topological polar surface area (TPSA) is 70.2 Å². The van der Waals surface area contributed by atoms with Crippen molar-refractivity contribution in [3.05, 3.63) is 23.8 Å². The molecule has 0 spiro atoms. The molecular formula is C17H25N3O2. The lowest BCUT2D eigenvalue weighted by atomic mass is 9.95. The van der Waals surface area contributed by atoms with E-state index in [0.29, 0.717) is 17.8 Å². The van der Waals surface area contributed by atoms with Gasteiger partial charge in [0.05, 0.1) is 11.4 Å². The first kappa shape index (κ1) is 16.3. The molecule has 1 aliphatic heterocycles. The van der Waals surface area contributed by atoms with Crippen molar-refractivity contribution in [2.24, 2.45) is 5.92 Å². The fraction of sp³-hybridized carbons (Fsp3) is 0.529. The zero-order chi connectivity index (χ0) is 16.1. The van der Waals surface area contributed by atoms with Crippen LogP contribution < -0.4 is 16.0 Å². The van der Waals surface area contributed by atoms with Crippen LogP contribution in [0.25, 0.3) is 0 Å². The van der Waals surface area contributed by atoms with Gasteiger partial charge in [-0.1, -0.05) is 33.6 Å². The van der Waals surface area contributed by atoms with Gasteiger partial charge in [0.2, 0.25) is 5.91 Å². The lowest BCUT2D eigenvalue weighted by molar-refractivity contribution is -0.118. The van der Waals surface area contributed by atoms with Crippen LogP contribution in [0, 0.1) is 5.92 Å². The summed E-state index contributed by atoms with van der Waals surface area (Å²) < 4.78 is 0. The fourth-order valence-corrected chi connectivity index (χ4v) is 2.48. The third-order valence-electron chi connectivity index (χ3n) is 4.16. The van der Waals surface area contributed by atoms with Gasteiger partial charge in [0.25, 0.3) is 5.91 Å². The number of carbonyl (C=O) groups is 2. The van der Waals surface area contributed by atoms with Gasteiger partial charge < -0.3 is 16.0 Å². The summed E-state index contributed by atoms with van der Waals surface area (Å²) in [6.07, 6.45) is 2.94. The average molecular weight is 303 g/mol. The molecule has 0 saturated carbocycles. The molecule has 3 N–H and O–H groups in total. The Kier molecular flexibility index (Phi) is 5.41. The Labute approximate surface area is 131 Å². The number of benzene rings is 1. The highest BCUT2D eigenvalue weighted by Gasteiger charge is 2.29. The van der Waals surface area contributed by atoms with Gasteiger partial charge in [-0.05, 0) is 30.5 Å². The van der Waals surface area contributed by atoms with Crippen molar-refractivity contribution >= 4 is 23.2 Å². The molecule has 0 unspecified atom stereocenters. The second kappa shape index (κ2) is 7.29. The Balaban J connectivity index is 2.11. The summed E-state index contributed by atoms with van der Waals surface area (Å²) in [5, 5.41) is 9.06. The van der Waals surface area contributed by atoms with Gasteiger partial charge in [-0.3, -0.25) is 9.59 Å². The first-order valence-electron chi connectivity index (χ1n) is 8.06. The lowest BCUT2D eigenvalue weighted by Crippen LogP contribution is -2.43. The van der Waals surface area contributed by atoms with Crippen molar-refractivity contribution in [2.75, 3.05) is 17.2 Å². The number of fused-ring (bicyclic) bond motifs is 1. The predicted molar refractivity (Wildman–Crippen MR) is 89.2 cm³/mol. The maximum absolute atomic E-state index is 12.2. The van der Waals surface area contributed by atoms with E-state index < -0.39 is 0 Å². The van der Waals surface area contributed by atoms with Crippen LogP contribution in [-0.2, 0) is 4.79 Å². The summed E-state index contributed by atoms with van der Waals surface area (Å²) in [7, 11) is 0. The number of carbonyl (C=O) groups excluding carboxylic acids is 2. The minimum absolute atomic E-state index is 0.0367. The maximum atomic E-state index is 12.2. The molecule has 0 aromatic heterocycles. The summed E-state index contributed by atoms with van der Waals surface area (Å²) >= 11 is 0. The first-order valence-corrected chi connectivity index (χ1v) is 8.06. The standard InChI is InChI=1S/C17H25N3O2/c1-4-6-9-18-16(21)12-7-8-13-14(10-12)20-17(22)15(19-13)11(3)5-2/h7-8,10-11,15,19H,4-6,9H2,1-3H3,(H,18,21)(H,20,22)/t11-,15-/m1/s1. The highest BCUT2D eigenvalue weighted by molar-refractivity contribution is 6.05. The molecule has 2 amide bonds. The molecule has 120 valence electrons. The van der Waals surface area contributed by atoms with E-state index in [9.17, 15) is 9.59 Å². The van der Waals surface area contributed by atoms with Crippen LogP contribution in [0.4, 0.5) is 11.4 Å². The third kappa shape index (κ3) is 3.59. The van der Waals surface area contributed by atoms with Crippen molar-refractivity contribution in [3.8, 4) is 0 Å². The molecular weight excluding hydrogens is 278 g/mol. The Hall–Kier alpha value is -2.04. The van der Waals surface area contributed by atoms with Crippen LogP contribution in [0.5, 0.6) is 0 Å². The Morgan fingerprint density at radius 3 is 2.77 bits per heavy atom. The minimum Gasteiger partial charge on any atom is -0.372 e. The van der Waals surface area contributed by atoms with Crippen molar-refractivity contribution in [1.82, 2.24) is 5.32 Å². The fourth-order valence-electron chi connectivity index (χ4n) is 2.48. The zero-order valence-corrected chi connectivity index (χ0v) is 13.5. The molecule has 5 heteroatoms. The molecule has 2 rings (SSSR count). The quantitative estimate of drug-likeness (QED) is 0.708. The largest absolute Gasteiger partial charge is 0.372 e. The monoisotopic (exact) mass is 303 g/mol. The van der Waals surface area contributed by atoms with Crippen LogP contribution in [0.15, 0.2) is 18.2 Å². The van der Waals surface area contributed by atoms with E-state index in [2.05, 4.69) is 36.7 Å². The second-order valence-corrected chi connectivity index (χ2v) is 5.87. The summed E-state index contributed by atoms with van der Waals surface area (Å²) in [4.78, 5) is 24.2. The van der Waals surface area contributed by atoms with Crippen molar-refractivity contribution in [1.29, 1.82) is 0 Å². The van der Waals surface area contributed by atoms with Crippen LogP contribution in [0.2, 0.25) is 0 Å². The van der Waals surface area contributed by atoms with Crippen molar-refractivity contribution < 1.29 is 9.59 Å². The molecule has 5 nitrogen and oxygen atoms in total. The summed E-state index contributed by atoms with van der Waals surface area (Å²) in [5.41, 5.74) is 2.11. The van der Waals surface area contributed by atoms with Gasteiger partial charge in [0.1, 0.15) is 6.04 Å². The van der Waals surface area contributed by atoms with Gasteiger partial charge in [-0.15, -0.1) is 0 Å². The number of hydrogen-bond acceptors (Lipinski definition) is 3. The molecule has 1 aliphatic rings. The maximum Gasteiger partial charge on any atom is 0.251 e. The van der Waals surface area contributed by atoms with E-state index in [1.807, 2.05) is 6.07 Å². The van der Waals surface area contributed by atoms with E-state index in [1.54, 1.807) is 12.1 Å². The second-order valence-electron chi connectivity index (χ2n) is 5.87. The van der Waals surface area contributed by atoms with E-state index in [4.69, 9.17) is 0 Å². The number of unbranched alkanes of at least 4 members (excludes halogenated alkanes) is 1. The van der Waals surface area contributed by atoms with Crippen molar-refractivity contribution in [2.45, 2.75) is 46.1 Å². The first-order chi connectivity index (χ1) is 10.6. The highest BCUT2D eigenvalue weighted by Crippen LogP contribution is 2.30. The van der Waals surface area contributed by atoms with Crippen molar-refractivity contribution in [3.63, 3.8) is 0 Å². The minimum atomic E-state index is -0.221. The number of amides is 2. The van der Waals surface area contributed by atoms with Gasteiger partial charge in [0, 0.05) is 12.1 Å². The smallest absolute Gasteiger partial charge is 0.251 e. The highest BCUT2D eigenvalue weighted by atomic mass is 16.2. The summed E-state index contributed by atoms with van der Waals surface area (Å²) in [6, 6.07) is 5.16.